The largest absolute Gasteiger partial charge is 0.497 e. The van der Waals surface area contributed by atoms with E-state index >= 15 is 0 Å². The monoisotopic (exact) mass is 396 g/mol. The van der Waals surface area contributed by atoms with Gasteiger partial charge in [-0.05, 0) is 79.1 Å². The lowest BCUT2D eigenvalue weighted by Gasteiger charge is -2.30. The second-order valence-electron chi connectivity index (χ2n) is 7.51. The molecular weight excluding hydrogens is 368 g/mol. The van der Waals surface area contributed by atoms with E-state index in [1.807, 2.05) is 12.3 Å². The molecule has 0 radical (unpaired) electrons. The molecule has 0 atom stereocenters. The first-order valence-corrected chi connectivity index (χ1v) is 10.0. The van der Waals surface area contributed by atoms with E-state index in [0.717, 1.165) is 18.6 Å². The first-order valence-electron chi connectivity index (χ1n) is 10.0. The Hall–Kier alpha value is -2.26. The molecule has 1 aliphatic rings. The first kappa shape index (κ1) is 20.5. The van der Waals surface area contributed by atoms with Crippen LogP contribution in [-0.2, 0) is 12.8 Å². The molecule has 4 heteroatoms. The van der Waals surface area contributed by atoms with Gasteiger partial charge in [0.2, 0.25) is 0 Å². The Bertz CT molecular complexity index is 935. The smallest absolute Gasteiger partial charge is 0.119 e. The summed E-state index contributed by atoms with van der Waals surface area (Å²) in [5.41, 5.74) is 5.20. The summed E-state index contributed by atoms with van der Waals surface area (Å²) < 4.78 is 5.42. The Balaban J connectivity index is 0.00000225. The zero-order chi connectivity index (χ0) is 18.6. The predicted molar refractivity (Wildman–Crippen MR) is 120 cm³/mol. The number of hydrogen-bond acceptors (Lipinski definition) is 3. The molecule has 0 spiro atoms. The molecule has 1 fully saturated rings. The Labute approximate surface area is 174 Å². The van der Waals surface area contributed by atoms with Gasteiger partial charge < -0.3 is 9.64 Å². The lowest BCUT2D eigenvalue weighted by molar-refractivity contribution is 0.415. The average molecular weight is 397 g/mol. The Morgan fingerprint density at radius 1 is 1.00 bits per heavy atom. The van der Waals surface area contributed by atoms with Crippen molar-refractivity contribution in [1.82, 2.24) is 4.98 Å². The Morgan fingerprint density at radius 3 is 2.61 bits per heavy atom. The zero-order valence-corrected chi connectivity index (χ0v) is 17.6. The normalized spacial score (nSPS) is 14.0. The number of benzene rings is 2. The van der Waals surface area contributed by atoms with Crippen LogP contribution in [-0.4, -0.2) is 25.2 Å². The summed E-state index contributed by atoms with van der Waals surface area (Å²) in [5.74, 6) is 0.913. The number of aromatic nitrogens is 1. The molecule has 0 bridgehead atoms. The van der Waals surface area contributed by atoms with Crippen LogP contribution in [0.4, 0.5) is 5.69 Å². The number of hydrogen-bond donors (Lipinski definition) is 0. The minimum atomic E-state index is 0. The number of piperidine rings is 1. The van der Waals surface area contributed by atoms with Crippen molar-refractivity contribution < 1.29 is 4.74 Å². The lowest BCUT2D eigenvalue weighted by atomic mass is 9.99. The summed E-state index contributed by atoms with van der Waals surface area (Å²) in [5, 5.41) is 2.54. The summed E-state index contributed by atoms with van der Waals surface area (Å²) in [7, 11) is 1.72. The van der Waals surface area contributed by atoms with Crippen LogP contribution in [0.2, 0.25) is 0 Å². The summed E-state index contributed by atoms with van der Waals surface area (Å²) in [4.78, 5) is 7.25. The van der Waals surface area contributed by atoms with Crippen LogP contribution in [0.25, 0.3) is 10.8 Å². The number of fused-ring (bicyclic) bond motifs is 1. The van der Waals surface area contributed by atoms with Gasteiger partial charge in [-0.3, -0.25) is 4.98 Å². The number of ether oxygens (including phenoxy) is 1. The molecule has 1 saturated heterocycles. The number of nitrogens with zero attached hydrogens (tertiary/aromatic N) is 2. The van der Waals surface area contributed by atoms with Crippen LogP contribution in [0.15, 0.2) is 48.7 Å². The second kappa shape index (κ2) is 9.29. The summed E-state index contributed by atoms with van der Waals surface area (Å²) in [6.45, 7) is 4.53. The quantitative estimate of drug-likeness (QED) is 0.549. The van der Waals surface area contributed by atoms with E-state index in [0.29, 0.717) is 0 Å². The van der Waals surface area contributed by atoms with Crippen LogP contribution in [0.1, 0.15) is 36.1 Å². The first-order chi connectivity index (χ1) is 13.2. The van der Waals surface area contributed by atoms with E-state index in [4.69, 9.17) is 9.72 Å². The van der Waals surface area contributed by atoms with Crippen molar-refractivity contribution in [3.8, 4) is 5.75 Å². The van der Waals surface area contributed by atoms with Crippen LogP contribution in [0, 0.1) is 6.92 Å². The molecule has 4 rings (SSSR count). The Kier molecular flexibility index (Phi) is 6.79. The van der Waals surface area contributed by atoms with Gasteiger partial charge in [0.1, 0.15) is 5.75 Å². The highest BCUT2D eigenvalue weighted by molar-refractivity contribution is 5.87. The minimum Gasteiger partial charge on any atom is -0.497 e. The van der Waals surface area contributed by atoms with Crippen molar-refractivity contribution in [3.05, 3.63) is 65.5 Å². The Morgan fingerprint density at radius 2 is 1.82 bits per heavy atom. The van der Waals surface area contributed by atoms with Crippen molar-refractivity contribution in [2.24, 2.45) is 0 Å². The molecule has 1 aliphatic heterocycles. The highest BCUT2D eigenvalue weighted by atomic mass is 35.5. The fourth-order valence-corrected chi connectivity index (χ4v) is 4.09. The van der Waals surface area contributed by atoms with Gasteiger partial charge in [-0.2, -0.15) is 0 Å². The number of pyridine rings is 1. The molecule has 0 saturated carbocycles. The third kappa shape index (κ3) is 4.41. The number of methoxy groups -OCH3 is 1. The fraction of sp³-hybridized carbons (Fsp3) is 0.375. The number of anilines is 1. The summed E-state index contributed by atoms with van der Waals surface area (Å²) in [6, 6.07) is 15.2. The summed E-state index contributed by atoms with van der Waals surface area (Å²) in [6.07, 6.45) is 7.95. The predicted octanol–water partition coefficient (Wildman–Crippen LogP) is 5.75. The van der Waals surface area contributed by atoms with Crippen molar-refractivity contribution >= 4 is 28.9 Å². The van der Waals surface area contributed by atoms with Crippen LogP contribution < -0.4 is 9.64 Å². The third-order valence-corrected chi connectivity index (χ3v) is 5.66. The number of aryl methyl sites for hydroxylation is 3. The molecule has 0 amide bonds. The van der Waals surface area contributed by atoms with E-state index < -0.39 is 0 Å². The van der Waals surface area contributed by atoms with Crippen molar-refractivity contribution in [2.75, 3.05) is 25.1 Å². The molecule has 148 valence electrons. The molecular formula is C24H29ClN2O. The zero-order valence-electron chi connectivity index (χ0n) is 16.8. The molecule has 2 aromatic carbocycles. The van der Waals surface area contributed by atoms with Crippen LogP contribution in [0.3, 0.4) is 0 Å². The van der Waals surface area contributed by atoms with Crippen LogP contribution in [0.5, 0.6) is 5.75 Å². The van der Waals surface area contributed by atoms with E-state index in [9.17, 15) is 0 Å². The highest BCUT2D eigenvalue weighted by Crippen LogP contribution is 2.27. The topological polar surface area (TPSA) is 25.4 Å². The maximum Gasteiger partial charge on any atom is 0.119 e. The average Bonchev–Trinajstić information content (AvgIpc) is 2.73. The van der Waals surface area contributed by atoms with Gasteiger partial charge in [0.15, 0.2) is 0 Å². The molecule has 0 N–H and O–H groups in total. The third-order valence-electron chi connectivity index (χ3n) is 5.66. The number of rotatable bonds is 5. The maximum atomic E-state index is 5.42. The van der Waals surface area contributed by atoms with E-state index in [1.165, 1.54) is 65.6 Å². The van der Waals surface area contributed by atoms with Gasteiger partial charge in [0.25, 0.3) is 0 Å². The van der Waals surface area contributed by atoms with E-state index in [2.05, 4.69) is 48.2 Å². The second-order valence-corrected chi connectivity index (χ2v) is 7.51. The van der Waals surface area contributed by atoms with Gasteiger partial charge in [-0.25, -0.2) is 0 Å². The van der Waals surface area contributed by atoms with Gasteiger partial charge in [-0.1, -0.05) is 24.3 Å². The maximum absolute atomic E-state index is 5.42. The van der Waals surface area contributed by atoms with Gasteiger partial charge in [0, 0.05) is 30.7 Å². The van der Waals surface area contributed by atoms with Gasteiger partial charge in [-0.15, -0.1) is 12.4 Å². The molecule has 1 aromatic heterocycles. The van der Waals surface area contributed by atoms with Gasteiger partial charge in [0.05, 0.1) is 7.11 Å². The fourth-order valence-electron chi connectivity index (χ4n) is 4.09. The highest BCUT2D eigenvalue weighted by Gasteiger charge is 2.14. The van der Waals surface area contributed by atoms with E-state index in [-0.39, 0.29) is 12.4 Å². The van der Waals surface area contributed by atoms with Crippen LogP contribution >= 0.6 is 12.4 Å². The standard InChI is InChI=1S/C24H28N2O.ClH/c1-18-17-25-21(15-24(18)26-13-4-3-5-14-26)11-9-19-7-6-8-20-10-12-22(27-2)16-23(19)20;/h6-8,10,12,15-17H,3-5,9,11,13-14H2,1-2H3;1H. The van der Waals surface area contributed by atoms with Crippen molar-refractivity contribution in [2.45, 2.75) is 39.0 Å². The van der Waals surface area contributed by atoms with Crippen molar-refractivity contribution in [3.63, 3.8) is 0 Å². The molecule has 3 nitrogen and oxygen atoms in total. The molecule has 28 heavy (non-hydrogen) atoms. The minimum absolute atomic E-state index is 0. The van der Waals surface area contributed by atoms with Gasteiger partial charge >= 0.3 is 0 Å². The summed E-state index contributed by atoms with van der Waals surface area (Å²) >= 11 is 0. The van der Waals surface area contributed by atoms with Crippen molar-refractivity contribution in [1.29, 1.82) is 0 Å². The lowest BCUT2D eigenvalue weighted by Crippen LogP contribution is -2.30. The van der Waals surface area contributed by atoms with E-state index in [1.54, 1.807) is 7.11 Å². The number of halogens is 1. The SMILES string of the molecule is COc1ccc2cccc(CCc3cc(N4CCCCC4)c(C)cn3)c2c1.Cl. The molecule has 0 aliphatic carbocycles. The molecule has 3 aromatic rings. The molecule has 2 heterocycles. The molecule has 0 unspecified atom stereocenters.